The first-order valence-electron chi connectivity index (χ1n) is 6.33. The number of hydrogen-bond acceptors (Lipinski definition) is 3. The summed E-state index contributed by atoms with van der Waals surface area (Å²) in [4.78, 5) is 12.4. The molecule has 2 rings (SSSR count). The van der Waals surface area contributed by atoms with E-state index in [1.807, 2.05) is 0 Å². The topological polar surface area (TPSA) is 52.3 Å². The van der Waals surface area contributed by atoms with Gasteiger partial charge in [0.25, 0.3) is 0 Å². The van der Waals surface area contributed by atoms with Crippen LogP contribution in [0.3, 0.4) is 0 Å². The van der Waals surface area contributed by atoms with Gasteiger partial charge in [-0.3, -0.25) is 4.79 Å². The second kappa shape index (κ2) is 5.75. The first-order valence-corrected chi connectivity index (χ1v) is 6.33. The molecule has 5 heteroatoms. The molecule has 1 fully saturated rings. The number of hydrogen-bond donors (Lipinski definition) is 1. The van der Waals surface area contributed by atoms with Gasteiger partial charge in [0, 0.05) is 31.6 Å². The molecule has 1 aromatic carbocycles. The Morgan fingerprint density at radius 3 is 2.63 bits per heavy atom. The highest BCUT2D eigenvalue weighted by atomic mass is 19.2. The maximum Gasteiger partial charge on any atom is 0.162 e. The van der Waals surface area contributed by atoms with Gasteiger partial charge in [0.05, 0.1) is 0 Å². The Labute approximate surface area is 110 Å². The molecular formula is C14H17F2NO2. The molecule has 0 unspecified atom stereocenters. The fourth-order valence-electron chi connectivity index (χ4n) is 2.40. The van der Waals surface area contributed by atoms with E-state index >= 15 is 0 Å². The van der Waals surface area contributed by atoms with Crippen molar-refractivity contribution in [2.45, 2.75) is 19.3 Å². The summed E-state index contributed by atoms with van der Waals surface area (Å²) in [6.45, 7) is 1.18. The molecule has 19 heavy (non-hydrogen) atoms. The van der Waals surface area contributed by atoms with E-state index in [9.17, 15) is 13.6 Å². The van der Waals surface area contributed by atoms with Crippen molar-refractivity contribution < 1.29 is 18.3 Å². The summed E-state index contributed by atoms with van der Waals surface area (Å²) in [5.41, 5.74) is 5.15. The maximum atomic E-state index is 13.6. The largest absolute Gasteiger partial charge is 0.381 e. The van der Waals surface area contributed by atoms with Gasteiger partial charge in [0.1, 0.15) is 5.78 Å². The predicted molar refractivity (Wildman–Crippen MR) is 66.6 cm³/mol. The van der Waals surface area contributed by atoms with Crippen molar-refractivity contribution in [1.29, 1.82) is 0 Å². The zero-order valence-electron chi connectivity index (χ0n) is 10.6. The van der Waals surface area contributed by atoms with Crippen LogP contribution in [0.2, 0.25) is 0 Å². The summed E-state index contributed by atoms with van der Waals surface area (Å²) in [6.07, 6.45) is 0.958. The van der Waals surface area contributed by atoms with E-state index in [4.69, 9.17) is 10.5 Å². The minimum atomic E-state index is -0.949. The minimum absolute atomic E-state index is 0.0873. The van der Waals surface area contributed by atoms with Crippen LogP contribution in [0.1, 0.15) is 18.4 Å². The van der Waals surface area contributed by atoms with Gasteiger partial charge in [-0.2, -0.15) is 0 Å². The Morgan fingerprint density at radius 2 is 2.00 bits per heavy atom. The second-order valence-corrected chi connectivity index (χ2v) is 4.91. The van der Waals surface area contributed by atoms with Gasteiger partial charge in [0.15, 0.2) is 11.6 Å². The third-order valence-corrected chi connectivity index (χ3v) is 3.81. The number of nitrogens with two attached hydrogens (primary N) is 1. The summed E-state index contributed by atoms with van der Waals surface area (Å²) in [7, 11) is 0. The highest BCUT2D eigenvalue weighted by molar-refractivity contribution is 5.87. The van der Waals surface area contributed by atoms with Crippen molar-refractivity contribution in [3.05, 3.63) is 35.4 Å². The van der Waals surface area contributed by atoms with Crippen molar-refractivity contribution in [3.63, 3.8) is 0 Å². The third-order valence-electron chi connectivity index (χ3n) is 3.81. The van der Waals surface area contributed by atoms with E-state index in [1.54, 1.807) is 0 Å². The average molecular weight is 269 g/mol. The lowest BCUT2D eigenvalue weighted by atomic mass is 9.74. The maximum absolute atomic E-state index is 13.6. The molecule has 1 aliphatic heterocycles. The van der Waals surface area contributed by atoms with Crippen molar-refractivity contribution in [3.8, 4) is 0 Å². The van der Waals surface area contributed by atoms with Crippen LogP contribution < -0.4 is 5.73 Å². The molecule has 0 spiro atoms. The Kier molecular flexibility index (Phi) is 4.27. The zero-order valence-corrected chi connectivity index (χ0v) is 10.6. The van der Waals surface area contributed by atoms with Gasteiger partial charge in [0.2, 0.25) is 0 Å². The number of ketones is 1. The Balaban J connectivity index is 2.17. The first kappa shape index (κ1) is 14.1. The Bertz CT molecular complexity index is 471. The Hall–Kier alpha value is -1.33. The van der Waals surface area contributed by atoms with Gasteiger partial charge in [-0.05, 0) is 24.5 Å². The smallest absolute Gasteiger partial charge is 0.162 e. The van der Waals surface area contributed by atoms with Crippen molar-refractivity contribution in [2.75, 3.05) is 19.8 Å². The number of carbonyl (C=O) groups excluding carboxylic acids is 1. The van der Waals surface area contributed by atoms with E-state index in [2.05, 4.69) is 0 Å². The molecular weight excluding hydrogens is 252 g/mol. The summed E-state index contributed by atoms with van der Waals surface area (Å²) in [5, 5.41) is 0. The summed E-state index contributed by atoms with van der Waals surface area (Å²) < 4.78 is 31.9. The summed E-state index contributed by atoms with van der Waals surface area (Å²) >= 11 is 0. The number of Topliss-reactive ketones (excluding diaryl/α,β-unsaturated/α-hetero) is 1. The highest BCUT2D eigenvalue weighted by Gasteiger charge is 2.38. The van der Waals surface area contributed by atoms with Gasteiger partial charge in [-0.25, -0.2) is 8.78 Å². The lowest BCUT2D eigenvalue weighted by molar-refractivity contribution is -0.132. The molecule has 0 saturated carbocycles. The molecule has 2 N–H and O–H groups in total. The van der Waals surface area contributed by atoms with Crippen LogP contribution >= 0.6 is 0 Å². The number of rotatable bonds is 4. The number of benzene rings is 1. The summed E-state index contributed by atoms with van der Waals surface area (Å²) in [5.74, 6) is -2.02. The molecule has 1 aliphatic rings. The molecule has 1 heterocycles. The van der Waals surface area contributed by atoms with E-state index in [0.717, 1.165) is 6.07 Å². The van der Waals surface area contributed by atoms with Gasteiger partial charge in [-0.15, -0.1) is 0 Å². The molecule has 0 bridgehead atoms. The molecule has 0 aromatic heterocycles. The van der Waals surface area contributed by atoms with E-state index in [0.29, 0.717) is 26.1 Å². The van der Waals surface area contributed by atoms with Crippen LogP contribution in [0.5, 0.6) is 0 Å². The first-order chi connectivity index (χ1) is 9.09. The summed E-state index contributed by atoms with van der Waals surface area (Å²) in [6, 6.07) is 3.87. The molecule has 1 saturated heterocycles. The Morgan fingerprint density at radius 1 is 1.32 bits per heavy atom. The molecule has 1 aromatic rings. The minimum Gasteiger partial charge on any atom is -0.381 e. The van der Waals surface area contributed by atoms with Crippen molar-refractivity contribution in [2.24, 2.45) is 11.1 Å². The van der Waals surface area contributed by atoms with Gasteiger partial charge < -0.3 is 10.5 Å². The lowest BCUT2D eigenvalue weighted by Crippen LogP contribution is -2.44. The molecule has 0 atom stereocenters. The van der Waals surface area contributed by atoms with Crippen LogP contribution in [0.15, 0.2) is 18.2 Å². The zero-order chi connectivity index (χ0) is 13.9. The third kappa shape index (κ3) is 2.82. The monoisotopic (exact) mass is 269 g/mol. The highest BCUT2D eigenvalue weighted by Crippen LogP contribution is 2.32. The van der Waals surface area contributed by atoms with Crippen molar-refractivity contribution in [1.82, 2.24) is 0 Å². The quantitative estimate of drug-likeness (QED) is 0.907. The molecule has 3 nitrogen and oxygen atoms in total. The number of ether oxygens (including phenoxy) is 1. The lowest BCUT2D eigenvalue weighted by Gasteiger charge is -2.34. The average Bonchev–Trinajstić information content (AvgIpc) is 2.44. The van der Waals surface area contributed by atoms with Crippen LogP contribution in [0.25, 0.3) is 0 Å². The number of carbonyl (C=O) groups is 1. The van der Waals surface area contributed by atoms with Crippen LogP contribution in [-0.4, -0.2) is 25.5 Å². The molecule has 0 amide bonds. The molecule has 104 valence electrons. The van der Waals surface area contributed by atoms with Crippen LogP contribution in [0, 0.1) is 17.0 Å². The fraction of sp³-hybridized carbons (Fsp3) is 0.500. The fourth-order valence-corrected chi connectivity index (χ4v) is 2.40. The SMILES string of the molecule is NCC1(C(=O)Cc2cccc(F)c2F)CCOCC1. The van der Waals surface area contributed by atoms with Gasteiger partial charge >= 0.3 is 0 Å². The van der Waals surface area contributed by atoms with Crippen LogP contribution in [-0.2, 0) is 16.0 Å². The van der Waals surface area contributed by atoms with E-state index in [1.165, 1.54) is 12.1 Å². The second-order valence-electron chi connectivity index (χ2n) is 4.91. The normalized spacial score (nSPS) is 18.3. The standard InChI is InChI=1S/C14H17F2NO2/c15-11-3-1-2-10(13(11)16)8-12(18)14(9-17)4-6-19-7-5-14/h1-3H,4-9,17H2. The van der Waals surface area contributed by atoms with Crippen molar-refractivity contribution >= 4 is 5.78 Å². The molecule has 0 aliphatic carbocycles. The molecule has 0 radical (unpaired) electrons. The van der Waals surface area contributed by atoms with E-state index < -0.39 is 17.0 Å². The predicted octanol–water partition coefficient (Wildman–Crippen LogP) is 1.83. The van der Waals surface area contributed by atoms with Gasteiger partial charge in [-0.1, -0.05) is 12.1 Å². The number of halogens is 2. The van der Waals surface area contributed by atoms with E-state index in [-0.39, 0.29) is 24.3 Å². The van der Waals surface area contributed by atoms with Crippen LogP contribution in [0.4, 0.5) is 8.78 Å².